The normalized spacial score (nSPS) is 15.7. The van der Waals surface area contributed by atoms with Crippen molar-refractivity contribution >= 4 is 11.6 Å². The second kappa shape index (κ2) is 3.42. The Morgan fingerprint density at radius 2 is 1.92 bits per heavy atom. The van der Waals surface area contributed by atoms with E-state index in [4.69, 9.17) is 16.7 Å². The highest BCUT2D eigenvalue weighted by Gasteiger charge is 2.23. The molecule has 3 heteroatoms. The molecule has 1 rings (SSSR count). The van der Waals surface area contributed by atoms with E-state index in [-0.39, 0.29) is 0 Å². The molecule has 0 amide bonds. The molecule has 0 spiro atoms. The summed E-state index contributed by atoms with van der Waals surface area (Å²) in [6.45, 7) is 0.810. The van der Waals surface area contributed by atoms with Crippen LogP contribution >= 0.6 is 11.6 Å². The maximum atomic E-state index is 13.4. The van der Waals surface area contributed by atoms with Gasteiger partial charge in [-0.05, 0) is 24.6 Å². The first-order valence-corrected chi connectivity index (χ1v) is 4.00. The van der Waals surface area contributed by atoms with Crippen molar-refractivity contribution in [2.45, 2.75) is 12.6 Å². The lowest BCUT2D eigenvalue weighted by atomic mass is 9.99. The minimum Gasteiger partial charge on any atom is -0.393 e. The quantitative estimate of drug-likeness (QED) is 0.756. The second-order valence-electron chi connectivity index (χ2n) is 2.86. The van der Waals surface area contributed by atoms with Gasteiger partial charge in [0.2, 0.25) is 0 Å². The van der Waals surface area contributed by atoms with Crippen molar-refractivity contribution in [3.05, 3.63) is 34.9 Å². The summed E-state index contributed by atoms with van der Waals surface area (Å²) < 4.78 is 13.4. The fourth-order valence-corrected chi connectivity index (χ4v) is 1.01. The van der Waals surface area contributed by atoms with Crippen LogP contribution in [0.15, 0.2) is 24.3 Å². The topological polar surface area (TPSA) is 20.2 Å². The molecule has 0 aliphatic carbocycles. The van der Waals surface area contributed by atoms with Gasteiger partial charge in [0.05, 0.1) is 6.61 Å². The number of aliphatic hydroxyl groups excluding tert-OH is 1. The maximum absolute atomic E-state index is 13.4. The fraction of sp³-hybridized carbons (Fsp3) is 0.333. The van der Waals surface area contributed by atoms with Crippen molar-refractivity contribution in [2.24, 2.45) is 0 Å². The number of alkyl halides is 1. The predicted octanol–water partition coefficient (Wildman–Crippen LogP) is 2.52. The molecule has 0 radical (unpaired) electrons. The van der Waals surface area contributed by atoms with Crippen LogP contribution < -0.4 is 0 Å². The molecule has 0 heterocycles. The van der Waals surface area contributed by atoms with E-state index < -0.39 is 12.3 Å². The number of benzene rings is 1. The van der Waals surface area contributed by atoms with Crippen molar-refractivity contribution in [3.8, 4) is 0 Å². The lowest BCUT2D eigenvalue weighted by molar-refractivity contribution is 0.0868. The van der Waals surface area contributed by atoms with Gasteiger partial charge in [-0.3, -0.25) is 0 Å². The molecule has 0 bridgehead atoms. The average molecular weight is 189 g/mol. The van der Waals surface area contributed by atoms with Gasteiger partial charge in [-0.2, -0.15) is 0 Å². The van der Waals surface area contributed by atoms with Crippen LogP contribution in [0.3, 0.4) is 0 Å². The van der Waals surface area contributed by atoms with Gasteiger partial charge >= 0.3 is 0 Å². The molecule has 0 fully saturated rings. The third-order valence-electron chi connectivity index (χ3n) is 1.74. The first-order chi connectivity index (χ1) is 5.56. The van der Waals surface area contributed by atoms with Gasteiger partial charge < -0.3 is 5.11 Å². The highest BCUT2D eigenvalue weighted by molar-refractivity contribution is 6.30. The van der Waals surface area contributed by atoms with E-state index in [0.717, 1.165) is 0 Å². The summed E-state index contributed by atoms with van der Waals surface area (Å²) in [5.74, 6) is 0. The van der Waals surface area contributed by atoms with Crippen LogP contribution in [0.2, 0.25) is 5.02 Å². The summed E-state index contributed by atoms with van der Waals surface area (Å²) in [7, 11) is 0. The Morgan fingerprint density at radius 3 is 2.33 bits per heavy atom. The summed E-state index contributed by atoms with van der Waals surface area (Å²) in [5.41, 5.74) is -1.24. The molecule has 0 aliphatic rings. The van der Waals surface area contributed by atoms with E-state index in [1.165, 1.54) is 6.92 Å². The molecule has 1 N–H and O–H groups in total. The van der Waals surface area contributed by atoms with Gasteiger partial charge in [-0.1, -0.05) is 23.7 Å². The van der Waals surface area contributed by atoms with Crippen molar-refractivity contribution in [3.63, 3.8) is 0 Å². The van der Waals surface area contributed by atoms with E-state index in [1.54, 1.807) is 24.3 Å². The average Bonchev–Trinajstić information content (AvgIpc) is 2.05. The Labute approximate surface area is 75.8 Å². The van der Waals surface area contributed by atoms with Gasteiger partial charge in [-0.15, -0.1) is 0 Å². The van der Waals surface area contributed by atoms with Gasteiger partial charge in [0.1, 0.15) is 0 Å². The molecule has 1 aromatic rings. The minimum absolute atomic E-state index is 0.439. The zero-order chi connectivity index (χ0) is 9.19. The van der Waals surface area contributed by atoms with Crippen molar-refractivity contribution in [1.29, 1.82) is 0 Å². The van der Waals surface area contributed by atoms with Crippen LogP contribution in [0.1, 0.15) is 12.5 Å². The Bertz CT molecular complexity index is 256. The molecule has 0 aliphatic heterocycles. The molecule has 1 aromatic carbocycles. The second-order valence-corrected chi connectivity index (χ2v) is 3.30. The van der Waals surface area contributed by atoms with Crippen molar-refractivity contribution < 1.29 is 9.50 Å². The van der Waals surface area contributed by atoms with E-state index in [0.29, 0.717) is 10.6 Å². The van der Waals surface area contributed by atoms with Crippen LogP contribution in [0.4, 0.5) is 4.39 Å². The van der Waals surface area contributed by atoms with Crippen molar-refractivity contribution in [2.75, 3.05) is 6.61 Å². The third-order valence-corrected chi connectivity index (χ3v) is 2.00. The fourth-order valence-electron chi connectivity index (χ4n) is 0.889. The molecule has 1 unspecified atom stereocenters. The van der Waals surface area contributed by atoms with Crippen LogP contribution in [0.5, 0.6) is 0 Å². The summed E-state index contributed by atoms with van der Waals surface area (Å²) in [6, 6.07) is 6.34. The lowest BCUT2D eigenvalue weighted by Gasteiger charge is -2.17. The highest BCUT2D eigenvalue weighted by atomic mass is 35.5. The zero-order valence-electron chi connectivity index (χ0n) is 6.72. The largest absolute Gasteiger partial charge is 0.393 e. The van der Waals surface area contributed by atoms with Gasteiger partial charge in [0.25, 0.3) is 0 Å². The lowest BCUT2D eigenvalue weighted by Crippen LogP contribution is -2.19. The number of rotatable bonds is 2. The van der Waals surface area contributed by atoms with E-state index in [9.17, 15) is 4.39 Å². The summed E-state index contributed by atoms with van der Waals surface area (Å²) in [6.07, 6.45) is 0. The molecule has 66 valence electrons. The molecule has 1 atom stereocenters. The SMILES string of the molecule is CC(F)(CO)c1ccc(Cl)cc1. The first kappa shape index (κ1) is 9.49. The molecular formula is C9H10ClFO. The molecular weight excluding hydrogens is 179 g/mol. The standard InChI is InChI=1S/C9H10ClFO/c1-9(11,6-12)7-2-4-8(10)5-3-7/h2-5,12H,6H2,1H3. The van der Waals surface area contributed by atoms with Crippen LogP contribution in [0, 0.1) is 0 Å². The maximum Gasteiger partial charge on any atom is 0.156 e. The highest BCUT2D eigenvalue weighted by Crippen LogP contribution is 2.25. The number of aliphatic hydroxyl groups is 1. The monoisotopic (exact) mass is 188 g/mol. The van der Waals surface area contributed by atoms with Gasteiger partial charge in [0.15, 0.2) is 5.67 Å². The summed E-state index contributed by atoms with van der Waals surface area (Å²) in [4.78, 5) is 0. The number of hydrogen-bond donors (Lipinski definition) is 1. The molecule has 0 aromatic heterocycles. The van der Waals surface area contributed by atoms with Crippen molar-refractivity contribution in [1.82, 2.24) is 0 Å². The molecule has 0 saturated carbocycles. The first-order valence-electron chi connectivity index (χ1n) is 3.62. The smallest absolute Gasteiger partial charge is 0.156 e. The van der Waals surface area contributed by atoms with E-state index in [1.807, 2.05) is 0 Å². The minimum atomic E-state index is -1.68. The van der Waals surface area contributed by atoms with Crippen LogP contribution in [-0.4, -0.2) is 11.7 Å². The Hall–Kier alpha value is -0.600. The van der Waals surface area contributed by atoms with Crippen LogP contribution in [-0.2, 0) is 5.67 Å². The Balaban J connectivity index is 2.96. The molecule has 0 saturated heterocycles. The predicted molar refractivity (Wildman–Crippen MR) is 47.0 cm³/mol. The summed E-state index contributed by atoms with van der Waals surface area (Å²) in [5, 5.41) is 9.27. The molecule has 1 nitrogen and oxygen atoms in total. The van der Waals surface area contributed by atoms with Gasteiger partial charge in [0, 0.05) is 5.02 Å². The number of hydrogen-bond acceptors (Lipinski definition) is 1. The molecule has 12 heavy (non-hydrogen) atoms. The van der Waals surface area contributed by atoms with E-state index in [2.05, 4.69) is 0 Å². The summed E-state index contributed by atoms with van der Waals surface area (Å²) >= 11 is 5.62. The number of halogens is 2. The Kier molecular flexibility index (Phi) is 2.70. The third kappa shape index (κ3) is 1.96. The van der Waals surface area contributed by atoms with Crippen LogP contribution in [0.25, 0.3) is 0 Å². The Morgan fingerprint density at radius 1 is 1.42 bits per heavy atom. The zero-order valence-corrected chi connectivity index (χ0v) is 7.48. The van der Waals surface area contributed by atoms with Gasteiger partial charge in [-0.25, -0.2) is 4.39 Å². The van der Waals surface area contributed by atoms with E-state index >= 15 is 0 Å².